The number of aryl methyl sites for hydroxylation is 1. The number of hydrogen-bond donors (Lipinski definition) is 0. The molecule has 0 saturated carbocycles. The topological polar surface area (TPSA) is 0 Å². The Hall–Kier alpha value is -0.300. The van der Waals surface area contributed by atoms with Crippen LogP contribution >= 0.6 is 11.3 Å². The molecule has 0 aromatic carbocycles. The van der Waals surface area contributed by atoms with Crippen LogP contribution in [0, 0.1) is 12.8 Å². The van der Waals surface area contributed by atoms with Crippen LogP contribution in [0.25, 0.3) is 0 Å². The largest absolute Gasteiger partial charge is 0.149 e. The molecule has 1 aromatic heterocycles. The average molecular weight is 168 g/mol. The molecule has 0 N–H and O–H groups in total. The first-order valence-corrected chi connectivity index (χ1v) is 5.05. The molecule has 0 saturated heterocycles. The van der Waals surface area contributed by atoms with Gasteiger partial charge in [0.25, 0.3) is 0 Å². The maximum atomic E-state index is 2.31. The Kier molecular flexibility index (Phi) is 2.72. The molecule has 0 amide bonds. The second-order valence-electron chi connectivity index (χ2n) is 3.46. The van der Waals surface area contributed by atoms with Gasteiger partial charge in [0.2, 0.25) is 0 Å². The van der Waals surface area contributed by atoms with Crippen molar-refractivity contribution in [2.45, 2.75) is 33.6 Å². The van der Waals surface area contributed by atoms with E-state index in [0.29, 0.717) is 5.92 Å². The Morgan fingerprint density at radius 3 is 2.27 bits per heavy atom. The molecule has 0 aliphatic carbocycles. The van der Waals surface area contributed by atoms with E-state index in [1.165, 1.54) is 10.4 Å². The molecular formula is C10H16S. The zero-order valence-electron chi connectivity index (χ0n) is 7.72. The van der Waals surface area contributed by atoms with Crippen molar-refractivity contribution >= 4 is 11.3 Å². The molecule has 1 heteroatoms. The summed E-state index contributed by atoms with van der Waals surface area (Å²) in [6.07, 6.45) is 0. The van der Waals surface area contributed by atoms with E-state index in [9.17, 15) is 0 Å². The Morgan fingerprint density at radius 2 is 1.91 bits per heavy atom. The molecule has 1 heterocycles. The van der Waals surface area contributed by atoms with Crippen LogP contribution in [0.5, 0.6) is 0 Å². The summed E-state index contributed by atoms with van der Waals surface area (Å²) in [6, 6.07) is 2.25. The van der Waals surface area contributed by atoms with Crippen LogP contribution in [-0.4, -0.2) is 0 Å². The third kappa shape index (κ3) is 1.84. The van der Waals surface area contributed by atoms with E-state index in [4.69, 9.17) is 0 Å². The molecule has 0 spiro atoms. The van der Waals surface area contributed by atoms with E-state index in [1.807, 2.05) is 11.3 Å². The van der Waals surface area contributed by atoms with Crippen molar-refractivity contribution in [1.29, 1.82) is 0 Å². The van der Waals surface area contributed by atoms with Gasteiger partial charge in [-0.05, 0) is 35.8 Å². The van der Waals surface area contributed by atoms with Crippen LogP contribution in [0.2, 0.25) is 0 Å². The van der Waals surface area contributed by atoms with Gasteiger partial charge in [-0.15, -0.1) is 11.3 Å². The van der Waals surface area contributed by atoms with E-state index in [2.05, 4.69) is 39.1 Å². The lowest BCUT2D eigenvalue weighted by Gasteiger charge is -2.14. The summed E-state index contributed by atoms with van der Waals surface area (Å²) in [5.74, 6) is 1.46. The van der Waals surface area contributed by atoms with Gasteiger partial charge in [-0.3, -0.25) is 0 Å². The summed E-state index contributed by atoms with van der Waals surface area (Å²) in [7, 11) is 0. The highest BCUT2D eigenvalue weighted by Gasteiger charge is 2.12. The molecule has 1 rings (SSSR count). The van der Waals surface area contributed by atoms with Gasteiger partial charge in [0.15, 0.2) is 0 Å². The second-order valence-corrected chi connectivity index (χ2v) is 4.59. The standard InChI is InChI=1S/C10H16S/c1-7(2)8(3)10-5-6-11-9(10)4/h5-8H,1-4H3. The molecule has 0 bridgehead atoms. The smallest absolute Gasteiger partial charge is 0.00490 e. The van der Waals surface area contributed by atoms with Gasteiger partial charge < -0.3 is 0 Å². The Labute approximate surface area is 73.3 Å². The molecule has 1 aromatic rings. The zero-order valence-corrected chi connectivity index (χ0v) is 8.53. The summed E-state index contributed by atoms with van der Waals surface area (Å²) >= 11 is 1.85. The van der Waals surface area contributed by atoms with Crippen molar-refractivity contribution in [3.05, 3.63) is 21.9 Å². The van der Waals surface area contributed by atoms with Crippen LogP contribution in [-0.2, 0) is 0 Å². The Bertz CT molecular complexity index is 223. The highest BCUT2D eigenvalue weighted by atomic mass is 32.1. The minimum atomic E-state index is 0.709. The molecule has 11 heavy (non-hydrogen) atoms. The van der Waals surface area contributed by atoms with Crippen LogP contribution in [0.3, 0.4) is 0 Å². The van der Waals surface area contributed by atoms with E-state index in [0.717, 1.165) is 5.92 Å². The van der Waals surface area contributed by atoms with E-state index < -0.39 is 0 Å². The predicted octanol–water partition coefficient (Wildman–Crippen LogP) is 3.82. The Morgan fingerprint density at radius 1 is 1.27 bits per heavy atom. The van der Waals surface area contributed by atoms with Crippen LogP contribution < -0.4 is 0 Å². The third-order valence-electron chi connectivity index (χ3n) is 2.39. The molecule has 0 radical (unpaired) electrons. The highest BCUT2D eigenvalue weighted by molar-refractivity contribution is 7.10. The second kappa shape index (κ2) is 3.40. The molecule has 1 atom stereocenters. The molecule has 62 valence electrons. The summed E-state index contributed by atoms with van der Waals surface area (Å²) in [5, 5.41) is 2.18. The van der Waals surface area contributed by atoms with Crippen molar-refractivity contribution in [2.24, 2.45) is 5.92 Å². The highest BCUT2D eigenvalue weighted by Crippen LogP contribution is 2.29. The Balaban J connectivity index is 2.84. The van der Waals surface area contributed by atoms with Gasteiger partial charge in [0.05, 0.1) is 0 Å². The van der Waals surface area contributed by atoms with Crippen molar-refractivity contribution < 1.29 is 0 Å². The lowest BCUT2D eigenvalue weighted by molar-refractivity contribution is 0.534. The van der Waals surface area contributed by atoms with Crippen LogP contribution in [0.4, 0.5) is 0 Å². The minimum Gasteiger partial charge on any atom is -0.149 e. The first kappa shape index (κ1) is 8.79. The van der Waals surface area contributed by atoms with Gasteiger partial charge in [-0.2, -0.15) is 0 Å². The zero-order chi connectivity index (χ0) is 8.43. The molecule has 0 nitrogen and oxygen atoms in total. The van der Waals surface area contributed by atoms with Crippen molar-refractivity contribution in [1.82, 2.24) is 0 Å². The maximum absolute atomic E-state index is 2.31. The van der Waals surface area contributed by atoms with Crippen LogP contribution in [0.15, 0.2) is 11.4 Å². The van der Waals surface area contributed by atoms with Crippen molar-refractivity contribution in [2.75, 3.05) is 0 Å². The molecular weight excluding hydrogens is 152 g/mol. The van der Waals surface area contributed by atoms with Gasteiger partial charge in [-0.1, -0.05) is 20.8 Å². The fraction of sp³-hybridized carbons (Fsp3) is 0.600. The molecule has 0 aliphatic rings. The average Bonchev–Trinajstić information content (AvgIpc) is 2.33. The number of hydrogen-bond acceptors (Lipinski definition) is 1. The maximum Gasteiger partial charge on any atom is 0.00490 e. The number of thiophene rings is 1. The lowest BCUT2D eigenvalue weighted by atomic mass is 9.91. The van der Waals surface area contributed by atoms with Crippen LogP contribution in [0.1, 0.15) is 37.1 Å². The first-order valence-electron chi connectivity index (χ1n) is 4.17. The minimum absolute atomic E-state index is 0.709. The number of rotatable bonds is 2. The van der Waals surface area contributed by atoms with E-state index in [1.54, 1.807) is 0 Å². The normalized spacial score (nSPS) is 13.9. The quantitative estimate of drug-likeness (QED) is 0.630. The predicted molar refractivity (Wildman–Crippen MR) is 52.3 cm³/mol. The first-order chi connectivity index (χ1) is 5.13. The van der Waals surface area contributed by atoms with Crippen molar-refractivity contribution in [3.63, 3.8) is 0 Å². The van der Waals surface area contributed by atoms with E-state index in [-0.39, 0.29) is 0 Å². The molecule has 0 aliphatic heterocycles. The molecule has 0 fully saturated rings. The van der Waals surface area contributed by atoms with Gasteiger partial charge in [0, 0.05) is 4.88 Å². The summed E-state index contributed by atoms with van der Waals surface area (Å²) in [5.41, 5.74) is 1.53. The lowest BCUT2D eigenvalue weighted by Crippen LogP contribution is -2.01. The molecule has 1 unspecified atom stereocenters. The monoisotopic (exact) mass is 168 g/mol. The van der Waals surface area contributed by atoms with E-state index >= 15 is 0 Å². The van der Waals surface area contributed by atoms with Gasteiger partial charge in [0.1, 0.15) is 0 Å². The summed E-state index contributed by atoms with van der Waals surface area (Å²) in [4.78, 5) is 1.48. The SMILES string of the molecule is Cc1sccc1C(C)C(C)C. The summed E-state index contributed by atoms with van der Waals surface area (Å²) < 4.78 is 0. The third-order valence-corrected chi connectivity index (χ3v) is 3.25. The fourth-order valence-electron chi connectivity index (χ4n) is 1.23. The van der Waals surface area contributed by atoms with Gasteiger partial charge >= 0.3 is 0 Å². The summed E-state index contributed by atoms with van der Waals surface area (Å²) in [6.45, 7) is 9.07. The van der Waals surface area contributed by atoms with Gasteiger partial charge in [-0.25, -0.2) is 0 Å². The fourth-order valence-corrected chi connectivity index (χ4v) is 2.04. The van der Waals surface area contributed by atoms with Crippen molar-refractivity contribution in [3.8, 4) is 0 Å².